The summed E-state index contributed by atoms with van der Waals surface area (Å²) in [6.45, 7) is 0. The van der Waals surface area contributed by atoms with Gasteiger partial charge in [0.15, 0.2) is 0 Å². The molecule has 2 heterocycles. The Kier molecular flexibility index (Phi) is 2.37. The second-order valence-corrected chi connectivity index (χ2v) is 4.04. The van der Waals surface area contributed by atoms with E-state index in [9.17, 15) is 0 Å². The number of aryl methyl sites for hydroxylation is 1. The fourth-order valence-electron chi connectivity index (χ4n) is 2.07. The van der Waals surface area contributed by atoms with Gasteiger partial charge in [-0.25, -0.2) is 4.68 Å². The lowest BCUT2D eigenvalue weighted by molar-refractivity contribution is 0.773. The maximum Gasteiger partial charge on any atom is 0.0930 e. The molecule has 0 bridgehead atoms. The van der Waals surface area contributed by atoms with Gasteiger partial charge in [0.05, 0.1) is 23.3 Å². The van der Waals surface area contributed by atoms with Gasteiger partial charge in [-0.3, -0.25) is 4.68 Å². The van der Waals surface area contributed by atoms with Gasteiger partial charge in [-0.1, -0.05) is 18.2 Å². The van der Waals surface area contributed by atoms with Crippen molar-refractivity contribution in [2.24, 2.45) is 7.05 Å². The summed E-state index contributed by atoms with van der Waals surface area (Å²) < 4.78 is 3.60. The quantitative estimate of drug-likeness (QED) is 0.742. The molecule has 0 fully saturated rings. The van der Waals surface area contributed by atoms with E-state index in [1.165, 1.54) is 0 Å². The minimum absolute atomic E-state index is 0.664. The molecule has 0 radical (unpaired) electrons. The first kappa shape index (κ1) is 10.6. The van der Waals surface area contributed by atoms with E-state index in [1.807, 2.05) is 48.3 Å². The van der Waals surface area contributed by atoms with Crippen LogP contribution in [-0.2, 0) is 7.05 Å². The highest BCUT2D eigenvalue weighted by molar-refractivity contribution is 5.78. The van der Waals surface area contributed by atoms with Crippen LogP contribution < -0.4 is 5.73 Å². The summed E-state index contributed by atoms with van der Waals surface area (Å²) in [6, 6.07) is 9.88. The van der Waals surface area contributed by atoms with Crippen LogP contribution in [0.4, 0.5) is 5.69 Å². The summed E-state index contributed by atoms with van der Waals surface area (Å²) in [6.07, 6.45) is 5.32. The molecule has 0 saturated heterocycles. The lowest BCUT2D eigenvalue weighted by Crippen LogP contribution is -2.02. The lowest BCUT2D eigenvalue weighted by atomic mass is 10.1. The molecule has 2 aromatic heterocycles. The molecule has 0 aliphatic heterocycles. The number of hydrogen-bond acceptors (Lipinski definition) is 3. The van der Waals surface area contributed by atoms with E-state index in [2.05, 4.69) is 10.2 Å². The van der Waals surface area contributed by atoms with Crippen LogP contribution in [0, 0.1) is 0 Å². The van der Waals surface area contributed by atoms with E-state index >= 15 is 0 Å². The predicted octanol–water partition coefficient (Wildman–Crippen LogP) is 1.85. The fraction of sp³-hybridized carbons (Fsp3) is 0.0769. The van der Waals surface area contributed by atoms with E-state index in [4.69, 9.17) is 5.73 Å². The fourth-order valence-corrected chi connectivity index (χ4v) is 2.07. The number of hydrogen-bond donors (Lipinski definition) is 1. The number of nitrogens with zero attached hydrogens (tertiary/aromatic N) is 4. The molecular weight excluding hydrogens is 226 g/mol. The van der Waals surface area contributed by atoms with Gasteiger partial charge in [0.1, 0.15) is 0 Å². The molecule has 1 aromatic carbocycles. The summed E-state index contributed by atoms with van der Waals surface area (Å²) in [5.41, 5.74) is 9.55. The third-order valence-corrected chi connectivity index (χ3v) is 2.88. The Morgan fingerprint density at radius 1 is 1.11 bits per heavy atom. The van der Waals surface area contributed by atoms with Crippen molar-refractivity contribution in [2.45, 2.75) is 0 Å². The number of anilines is 1. The smallest absolute Gasteiger partial charge is 0.0930 e. The molecule has 5 nitrogen and oxygen atoms in total. The first-order valence-electron chi connectivity index (χ1n) is 5.64. The molecule has 18 heavy (non-hydrogen) atoms. The maximum absolute atomic E-state index is 5.98. The highest BCUT2D eigenvalue weighted by Crippen LogP contribution is 2.29. The Hall–Kier alpha value is -2.56. The molecule has 0 spiro atoms. The van der Waals surface area contributed by atoms with Crippen molar-refractivity contribution < 1.29 is 0 Å². The maximum atomic E-state index is 5.98. The van der Waals surface area contributed by atoms with Crippen molar-refractivity contribution in [1.82, 2.24) is 19.6 Å². The van der Waals surface area contributed by atoms with E-state index in [0.29, 0.717) is 5.69 Å². The van der Waals surface area contributed by atoms with Crippen molar-refractivity contribution in [1.29, 1.82) is 0 Å². The third-order valence-electron chi connectivity index (χ3n) is 2.88. The van der Waals surface area contributed by atoms with Gasteiger partial charge in [0.25, 0.3) is 0 Å². The molecule has 3 rings (SSSR count). The molecule has 90 valence electrons. The molecular formula is C13H13N5. The molecule has 0 aliphatic rings. The molecule has 2 N–H and O–H groups in total. The van der Waals surface area contributed by atoms with Crippen LogP contribution in [0.25, 0.3) is 16.9 Å². The summed E-state index contributed by atoms with van der Waals surface area (Å²) >= 11 is 0. The van der Waals surface area contributed by atoms with Crippen LogP contribution in [0.3, 0.4) is 0 Å². The van der Waals surface area contributed by atoms with Crippen molar-refractivity contribution in [3.63, 3.8) is 0 Å². The summed E-state index contributed by atoms with van der Waals surface area (Å²) in [4.78, 5) is 0. The number of para-hydroxylation sites is 1. The van der Waals surface area contributed by atoms with Crippen molar-refractivity contribution >= 4 is 5.69 Å². The van der Waals surface area contributed by atoms with Crippen molar-refractivity contribution in [3.05, 3.63) is 48.9 Å². The monoisotopic (exact) mass is 239 g/mol. The predicted molar refractivity (Wildman–Crippen MR) is 70.2 cm³/mol. The molecule has 0 atom stereocenters. The highest BCUT2D eigenvalue weighted by atomic mass is 15.3. The van der Waals surface area contributed by atoms with E-state index < -0.39 is 0 Å². The van der Waals surface area contributed by atoms with Gasteiger partial charge < -0.3 is 5.73 Å². The van der Waals surface area contributed by atoms with Crippen LogP contribution in [0.5, 0.6) is 0 Å². The Bertz CT molecular complexity index is 647. The van der Waals surface area contributed by atoms with E-state index in [1.54, 1.807) is 17.1 Å². The number of aromatic nitrogens is 4. The second-order valence-electron chi connectivity index (χ2n) is 4.04. The summed E-state index contributed by atoms with van der Waals surface area (Å²) in [5, 5.41) is 8.44. The van der Waals surface area contributed by atoms with Gasteiger partial charge in [0.2, 0.25) is 0 Å². The van der Waals surface area contributed by atoms with Crippen LogP contribution in [0.15, 0.2) is 48.9 Å². The summed E-state index contributed by atoms with van der Waals surface area (Å²) in [7, 11) is 1.88. The summed E-state index contributed by atoms with van der Waals surface area (Å²) in [5.74, 6) is 0. The lowest BCUT2D eigenvalue weighted by Gasteiger charge is -2.10. The Morgan fingerprint density at radius 2 is 1.94 bits per heavy atom. The van der Waals surface area contributed by atoms with Crippen molar-refractivity contribution in [2.75, 3.05) is 5.73 Å². The second kappa shape index (κ2) is 4.03. The standard InChI is InChI=1S/C13H13N5/c1-17-13(11(14)9-16-17)10-5-2-3-6-12(10)18-8-4-7-15-18/h2-9H,14H2,1H3. The topological polar surface area (TPSA) is 61.7 Å². The van der Waals surface area contributed by atoms with Gasteiger partial charge in [-0.05, 0) is 12.1 Å². The normalized spacial score (nSPS) is 10.7. The highest BCUT2D eigenvalue weighted by Gasteiger charge is 2.13. The zero-order valence-electron chi connectivity index (χ0n) is 9.99. The van der Waals surface area contributed by atoms with E-state index in [0.717, 1.165) is 16.9 Å². The van der Waals surface area contributed by atoms with Crippen LogP contribution in [0.2, 0.25) is 0 Å². The number of benzene rings is 1. The van der Waals surface area contributed by atoms with Crippen LogP contribution in [0.1, 0.15) is 0 Å². The van der Waals surface area contributed by atoms with Gasteiger partial charge in [0, 0.05) is 25.0 Å². The first-order chi connectivity index (χ1) is 8.77. The molecule has 0 aliphatic carbocycles. The largest absolute Gasteiger partial charge is 0.396 e. The minimum Gasteiger partial charge on any atom is -0.396 e. The zero-order valence-corrected chi connectivity index (χ0v) is 9.99. The molecule has 0 saturated carbocycles. The van der Waals surface area contributed by atoms with Gasteiger partial charge in [-0.2, -0.15) is 10.2 Å². The minimum atomic E-state index is 0.664. The average molecular weight is 239 g/mol. The Morgan fingerprint density at radius 3 is 2.61 bits per heavy atom. The third kappa shape index (κ3) is 1.57. The molecule has 3 aromatic rings. The molecule has 5 heteroatoms. The number of nitrogens with two attached hydrogens (primary N) is 1. The SMILES string of the molecule is Cn1ncc(N)c1-c1ccccc1-n1cccn1. The zero-order chi connectivity index (χ0) is 12.5. The molecule has 0 unspecified atom stereocenters. The van der Waals surface area contributed by atoms with Gasteiger partial charge in [-0.15, -0.1) is 0 Å². The average Bonchev–Trinajstić information content (AvgIpc) is 3.00. The first-order valence-corrected chi connectivity index (χ1v) is 5.64. The Balaban J connectivity index is 2.25. The Labute approximate surface area is 104 Å². The van der Waals surface area contributed by atoms with Crippen LogP contribution >= 0.6 is 0 Å². The molecule has 0 amide bonds. The van der Waals surface area contributed by atoms with E-state index in [-0.39, 0.29) is 0 Å². The van der Waals surface area contributed by atoms with Crippen molar-refractivity contribution in [3.8, 4) is 16.9 Å². The van der Waals surface area contributed by atoms with Gasteiger partial charge >= 0.3 is 0 Å². The number of rotatable bonds is 2. The number of nitrogen functional groups attached to an aromatic ring is 1. The van der Waals surface area contributed by atoms with Crippen LogP contribution in [-0.4, -0.2) is 19.6 Å².